The van der Waals surface area contributed by atoms with Crippen LogP contribution in [0, 0.1) is 0 Å². The molecule has 7 nitrogen and oxygen atoms in total. The van der Waals surface area contributed by atoms with Gasteiger partial charge in [-0.1, -0.05) is 0 Å². The maximum atomic E-state index is 10.7. The second-order valence-corrected chi connectivity index (χ2v) is 3.51. The summed E-state index contributed by atoms with van der Waals surface area (Å²) in [5, 5.41) is 34.9. The fourth-order valence-electron chi connectivity index (χ4n) is 1.21. The Balaban J connectivity index is 4.18. The number of rotatable bonds is 8. The molecule has 0 aliphatic carbocycles. The van der Waals surface area contributed by atoms with Crippen LogP contribution in [-0.4, -0.2) is 43.9 Å². The van der Waals surface area contributed by atoms with Crippen LogP contribution in [0.5, 0.6) is 0 Å². The number of carboxylic acids is 3. The van der Waals surface area contributed by atoms with E-state index in [2.05, 4.69) is 0 Å². The van der Waals surface area contributed by atoms with Gasteiger partial charge in [-0.2, -0.15) is 0 Å². The quantitative estimate of drug-likeness (QED) is 0.432. The van der Waals surface area contributed by atoms with Crippen molar-refractivity contribution in [1.29, 1.82) is 0 Å². The fourth-order valence-corrected chi connectivity index (χ4v) is 1.21. The van der Waals surface area contributed by atoms with Crippen molar-refractivity contribution >= 4 is 17.9 Å². The first-order chi connectivity index (χ1) is 7.28. The molecule has 0 radical (unpaired) electrons. The molecule has 0 aliphatic heterocycles. The molecule has 0 heterocycles. The molecule has 1 atom stereocenters. The van der Waals surface area contributed by atoms with Gasteiger partial charge in [0.1, 0.15) is 0 Å². The van der Waals surface area contributed by atoms with Gasteiger partial charge < -0.3 is 20.4 Å². The summed E-state index contributed by atoms with van der Waals surface area (Å²) >= 11 is 0. The van der Waals surface area contributed by atoms with Crippen molar-refractivity contribution in [2.75, 3.05) is 0 Å². The van der Waals surface area contributed by atoms with Crippen LogP contribution in [0.4, 0.5) is 0 Å². The molecule has 0 saturated carbocycles. The zero-order chi connectivity index (χ0) is 12.8. The summed E-state index contributed by atoms with van der Waals surface area (Å²) in [5.74, 6) is -4.04. The topological polar surface area (TPSA) is 132 Å². The van der Waals surface area contributed by atoms with Gasteiger partial charge in [0.2, 0.25) is 0 Å². The van der Waals surface area contributed by atoms with Gasteiger partial charge in [0.15, 0.2) is 5.60 Å². The number of carbonyl (C=O) groups is 3. The summed E-state index contributed by atoms with van der Waals surface area (Å²) < 4.78 is 0. The molecule has 0 aromatic heterocycles. The molecular weight excluding hydrogens is 220 g/mol. The Hall–Kier alpha value is -1.63. The Kier molecular flexibility index (Phi) is 5.44. The van der Waals surface area contributed by atoms with Crippen LogP contribution >= 0.6 is 0 Å². The average molecular weight is 234 g/mol. The van der Waals surface area contributed by atoms with E-state index in [0.717, 1.165) is 0 Å². The molecule has 0 rings (SSSR count). The van der Waals surface area contributed by atoms with E-state index in [4.69, 9.17) is 15.3 Å². The smallest absolute Gasteiger partial charge is 0.336 e. The summed E-state index contributed by atoms with van der Waals surface area (Å²) in [6.45, 7) is 0. The van der Waals surface area contributed by atoms with Crippen molar-refractivity contribution in [3.05, 3.63) is 0 Å². The Morgan fingerprint density at radius 1 is 0.938 bits per heavy atom. The lowest BCUT2D eigenvalue weighted by Crippen LogP contribution is -2.40. The Morgan fingerprint density at radius 2 is 1.50 bits per heavy atom. The molecule has 0 bridgehead atoms. The van der Waals surface area contributed by atoms with Gasteiger partial charge in [-0.25, -0.2) is 4.79 Å². The molecule has 0 spiro atoms. The number of hydrogen-bond donors (Lipinski definition) is 4. The average Bonchev–Trinajstić information content (AvgIpc) is 2.10. The predicted octanol–water partition coefficient (Wildman–Crippen LogP) is -0.0782. The molecule has 0 fully saturated rings. The third-order valence-corrected chi connectivity index (χ3v) is 2.07. The molecule has 0 aromatic carbocycles. The molecule has 0 saturated heterocycles. The Labute approximate surface area is 91.3 Å². The number of hydrogen-bond acceptors (Lipinski definition) is 4. The molecule has 0 aromatic rings. The minimum atomic E-state index is -2.32. The third-order valence-electron chi connectivity index (χ3n) is 2.07. The van der Waals surface area contributed by atoms with Crippen molar-refractivity contribution in [2.24, 2.45) is 0 Å². The van der Waals surface area contributed by atoms with Gasteiger partial charge in [0, 0.05) is 6.42 Å². The van der Waals surface area contributed by atoms with Crippen molar-refractivity contribution < 1.29 is 34.8 Å². The maximum absolute atomic E-state index is 10.7. The lowest BCUT2D eigenvalue weighted by molar-refractivity contribution is -0.166. The van der Waals surface area contributed by atoms with Crippen molar-refractivity contribution in [1.82, 2.24) is 0 Å². The first-order valence-electron chi connectivity index (χ1n) is 4.67. The van der Waals surface area contributed by atoms with Crippen LogP contribution < -0.4 is 0 Å². The van der Waals surface area contributed by atoms with Crippen molar-refractivity contribution in [3.8, 4) is 0 Å². The predicted molar refractivity (Wildman–Crippen MR) is 50.9 cm³/mol. The molecule has 0 unspecified atom stereocenters. The molecule has 0 amide bonds. The van der Waals surface area contributed by atoms with E-state index in [1.807, 2.05) is 0 Å². The van der Waals surface area contributed by atoms with E-state index in [0.29, 0.717) is 0 Å². The molecule has 0 aliphatic rings. The standard InChI is InChI=1S/C9H14O7/c10-6(11)3-1-2-4-9(16,8(14)15)5-7(12)13/h16H,1-5H2,(H,10,11)(H,12,13)(H,14,15)/t9-/m1/s1. The Morgan fingerprint density at radius 3 is 1.88 bits per heavy atom. The third kappa shape index (κ3) is 5.30. The van der Waals surface area contributed by atoms with E-state index in [1.165, 1.54) is 0 Å². The summed E-state index contributed by atoms with van der Waals surface area (Å²) in [5.41, 5.74) is -2.32. The summed E-state index contributed by atoms with van der Waals surface area (Å²) in [6, 6.07) is 0. The highest BCUT2D eigenvalue weighted by molar-refractivity contribution is 5.83. The van der Waals surface area contributed by atoms with E-state index < -0.39 is 29.9 Å². The number of carboxylic acid groups (broad SMARTS) is 3. The molecule has 7 heteroatoms. The molecule has 92 valence electrons. The number of aliphatic carboxylic acids is 3. The highest BCUT2D eigenvalue weighted by Crippen LogP contribution is 2.19. The Bertz CT molecular complexity index is 286. The monoisotopic (exact) mass is 234 g/mol. The number of aliphatic hydroxyl groups is 1. The van der Waals surface area contributed by atoms with Crippen LogP contribution in [0.15, 0.2) is 0 Å². The summed E-state index contributed by atoms with van der Waals surface area (Å²) in [7, 11) is 0. The van der Waals surface area contributed by atoms with Gasteiger partial charge in [-0.05, 0) is 19.3 Å². The zero-order valence-corrected chi connectivity index (χ0v) is 8.55. The van der Waals surface area contributed by atoms with Crippen LogP contribution in [0.3, 0.4) is 0 Å². The van der Waals surface area contributed by atoms with Gasteiger partial charge in [0.05, 0.1) is 6.42 Å². The highest BCUT2D eigenvalue weighted by Gasteiger charge is 2.37. The lowest BCUT2D eigenvalue weighted by atomic mass is 9.93. The largest absolute Gasteiger partial charge is 0.481 e. The summed E-state index contributed by atoms with van der Waals surface area (Å²) in [6.07, 6.45) is -0.965. The molecule has 4 N–H and O–H groups in total. The van der Waals surface area contributed by atoms with Gasteiger partial charge in [-0.15, -0.1) is 0 Å². The normalized spacial score (nSPS) is 14.1. The fraction of sp³-hybridized carbons (Fsp3) is 0.667. The van der Waals surface area contributed by atoms with Crippen LogP contribution in [0.2, 0.25) is 0 Å². The number of unbranched alkanes of at least 4 members (excludes halogenated alkanes) is 1. The van der Waals surface area contributed by atoms with E-state index in [9.17, 15) is 19.5 Å². The highest BCUT2D eigenvalue weighted by atomic mass is 16.4. The molecule has 16 heavy (non-hydrogen) atoms. The van der Waals surface area contributed by atoms with Crippen molar-refractivity contribution in [3.63, 3.8) is 0 Å². The molecular formula is C9H14O7. The van der Waals surface area contributed by atoms with Crippen LogP contribution in [-0.2, 0) is 14.4 Å². The van der Waals surface area contributed by atoms with E-state index >= 15 is 0 Å². The van der Waals surface area contributed by atoms with Crippen LogP contribution in [0.25, 0.3) is 0 Å². The first-order valence-corrected chi connectivity index (χ1v) is 4.67. The van der Waals surface area contributed by atoms with E-state index in [-0.39, 0.29) is 25.7 Å². The maximum Gasteiger partial charge on any atom is 0.336 e. The van der Waals surface area contributed by atoms with Crippen LogP contribution in [0.1, 0.15) is 32.1 Å². The summed E-state index contributed by atoms with van der Waals surface area (Å²) in [4.78, 5) is 31.2. The van der Waals surface area contributed by atoms with Crippen molar-refractivity contribution in [2.45, 2.75) is 37.7 Å². The SMILES string of the molecule is O=C(O)CCCC[C@@](O)(CC(=O)O)C(=O)O. The first kappa shape index (κ1) is 14.4. The minimum Gasteiger partial charge on any atom is -0.481 e. The zero-order valence-electron chi connectivity index (χ0n) is 8.55. The van der Waals surface area contributed by atoms with Gasteiger partial charge in [-0.3, -0.25) is 9.59 Å². The lowest BCUT2D eigenvalue weighted by Gasteiger charge is -2.20. The minimum absolute atomic E-state index is 0.136. The van der Waals surface area contributed by atoms with Gasteiger partial charge >= 0.3 is 17.9 Å². The second kappa shape index (κ2) is 6.06. The second-order valence-electron chi connectivity index (χ2n) is 3.51. The van der Waals surface area contributed by atoms with E-state index in [1.54, 1.807) is 0 Å². The van der Waals surface area contributed by atoms with Gasteiger partial charge in [0.25, 0.3) is 0 Å².